The van der Waals surface area contributed by atoms with Gasteiger partial charge >= 0.3 is 0 Å². The maximum atomic E-state index is 12.3. The van der Waals surface area contributed by atoms with Crippen LogP contribution in [0.15, 0.2) is 40.9 Å². The normalized spacial score (nSPS) is 10.3. The van der Waals surface area contributed by atoms with E-state index in [1.54, 1.807) is 0 Å². The van der Waals surface area contributed by atoms with Crippen molar-refractivity contribution < 1.29 is 4.79 Å². The molecule has 0 aliphatic heterocycles. The largest absolute Gasteiger partial charge is 0.322 e. The van der Waals surface area contributed by atoms with Crippen molar-refractivity contribution in [2.75, 3.05) is 5.32 Å². The SMILES string of the molecule is Cc1ccc(Br)c(C(=O)Nc2cccc(C)c2C)c1. The van der Waals surface area contributed by atoms with Crippen LogP contribution in [0.25, 0.3) is 0 Å². The molecule has 0 spiro atoms. The summed E-state index contributed by atoms with van der Waals surface area (Å²) in [7, 11) is 0. The summed E-state index contributed by atoms with van der Waals surface area (Å²) in [5.74, 6) is -0.0933. The first kappa shape index (κ1) is 13.8. The molecular weight excluding hydrogens is 302 g/mol. The second kappa shape index (κ2) is 5.57. The number of anilines is 1. The van der Waals surface area contributed by atoms with Crippen LogP contribution in [-0.4, -0.2) is 5.91 Å². The minimum atomic E-state index is -0.0933. The first-order valence-electron chi connectivity index (χ1n) is 6.13. The Morgan fingerprint density at radius 2 is 1.84 bits per heavy atom. The highest BCUT2D eigenvalue weighted by Crippen LogP contribution is 2.22. The Labute approximate surface area is 122 Å². The Morgan fingerprint density at radius 1 is 1.11 bits per heavy atom. The van der Waals surface area contributed by atoms with Gasteiger partial charge in [-0.05, 0) is 66.0 Å². The fourth-order valence-corrected chi connectivity index (χ4v) is 2.32. The Bertz CT molecular complexity index is 635. The number of carbonyl (C=O) groups is 1. The molecule has 0 aromatic heterocycles. The third-order valence-electron chi connectivity index (χ3n) is 3.22. The van der Waals surface area contributed by atoms with Crippen molar-refractivity contribution in [3.63, 3.8) is 0 Å². The number of hydrogen-bond acceptors (Lipinski definition) is 1. The standard InChI is InChI=1S/C16H16BrNO/c1-10-7-8-14(17)13(9-10)16(19)18-15-6-4-5-11(2)12(15)3/h4-9H,1-3H3,(H,18,19). The van der Waals surface area contributed by atoms with Crippen molar-refractivity contribution in [3.8, 4) is 0 Å². The molecule has 0 unspecified atom stereocenters. The van der Waals surface area contributed by atoms with Gasteiger partial charge in [0.15, 0.2) is 0 Å². The molecular formula is C16H16BrNO. The number of halogens is 1. The van der Waals surface area contributed by atoms with Gasteiger partial charge in [0.25, 0.3) is 5.91 Å². The van der Waals surface area contributed by atoms with Crippen LogP contribution in [0.2, 0.25) is 0 Å². The molecule has 3 heteroatoms. The lowest BCUT2D eigenvalue weighted by Crippen LogP contribution is -2.14. The first-order valence-corrected chi connectivity index (χ1v) is 6.92. The molecule has 0 aliphatic rings. The van der Waals surface area contributed by atoms with E-state index in [4.69, 9.17) is 0 Å². The Hall–Kier alpha value is -1.61. The van der Waals surface area contributed by atoms with Crippen molar-refractivity contribution in [2.45, 2.75) is 20.8 Å². The summed E-state index contributed by atoms with van der Waals surface area (Å²) in [5.41, 5.74) is 4.84. The summed E-state index contributed by atoms with van der Waals surface area (Å²) in [4.78, 5) is 12.3. The Kier molecular flexibility index (Phi) is 4.05. The van der Waals surface area contributed by atoms with E-state index in [1.165, 1.54) is 5.56 Å². The van der Waals surface area contributed by atoms with E-state index in [9.17, 15) is 4.79 Å². The van der Waals surface area contributed by atoms with Crippen molar-refractivity contribution in [1.29, 1.82) is 0 Å². The molecule has 19 heavy (non-hydrogen) atoms. The molecule has 1 amide bonds. The summed E-state index contributed by atoms with van der Waals surface area (Å²) >= 11 is 3.42. The molecule has 0 aliphatic carbocycles. The number of benzene rings is 2. The van der Waals surface area contributed by atoms with Gasteiger partial charge in [-0.2, -0.15) is 0 Å². The van der Waals surface area contributed by atoms with E-state index < -0.39 is 0 Å². The van der Waals surface area contributed by atoms with Crippen LogP contribution in [0.4, 0.5) is 5.69 Å². The highest BCUT2D eigenvalue weighted by Gasteiger charge is 2.11. The zero-order valence-corrected chi connectivity index (χ0v) is 12.8. The average Bonchev–Trinajstić information content (AvgIpc) is 2.38. The predicted molar refractivity (Wildman–Crippen MR) is 82.7 cm³/mol. The summed E-state index contributed by atoms with van der Waals surface area (Å²) in [5, 5.41) is 2.97. The highest BCUT2D eigenvalue weighted by molar-refractivity contribution is 9.10. The third-order valence-corrected chi connectivity index (χ3v) is 3.91. The van der Waals surface area contributed by atoms with Gasteiger partial charge in [-0.15, -0.1) is 0 Å². The minimum absolute atomic E-state index is 0.0933. The van der Waals surface area contributed by atoms with Gasteiger partial charge in [-0.3, -0.25) is 4.79 Å². The van der Waals surface area contributed by atoms with Gasteiger partial charge in [0.2, 0.25) is 0 Å². The van der Waals surface area contributed by atoms with E-state index >= 15 is 0 Å². The maximum absolute atomic E-state index is 12.3. The number of hydrogen-bond donors (Lipinski definition) is 1. The van der Waals surface area contributed by atoms with E-state index in [0.717, 1.165) is 21.3 Å². The molecule has 1 N–H and O–H groups in total. The molecule has 0 saturated heterocycles. The minimum Gasteiger partial charge on any atom is -0.322 e. The second-order valence-corrected chi connectivity index (χ2v) is 5.54. The van der Waals surface area contributed by atoms with Crippen LogP contribution in [-0.2, 0) is 0 Å². The molecule has 0 fully saturated rings. The summed E-state index contributed by atoms with van der Waals surface area (Å²) < 4.78 is 0.806. The number of aryl methyl sites for hydroxylation is 2. The number of rotatable bonds is 2. The van der Waals surface area contributed by atoms with Crippen molar-refractivity contribution >= 4 is 27.5 Å². The van der Waals surface area contributed by atoms with Gasteiger partial charge < -0.3 is 5.32 Å². The highest BCUT2D eigenvalue weighted by atomic mass is 79.9. The zero-order chi connectivity index (χ0) is 14.0. The molecule has 0 heterocycles. The molecule has 0 bridgehead atoms. The van der Waals surface area contributed by atoms with Crippen LogP contribution >= 0.6 is 15.9 Å². The lowest BCUT2D eigenvalue weighted by molar-refractivity contribution is 0.102. The topological polar surface area (TPSA) is 29.1 Å². The first-order chi connectivity index (χ1) is 8.99. The molecule has 0 radical (unpaired) electrons. The second-order valence-electron chi connectivity index (χ2n) is 4.68. The van der Waals surface area contributed by atoms with Gasteiger partial charge in [0, 0.05) is 10.2 Å². The quantitative estimate of drug-likeness (QED) is 0.859. The molecule has 98 valence electrons. The van der Waals surface area contributed by atoms with E-state index in [0.29, 0.717) is 5.56 Å². The van der Waals surface area contributed by atoms with E-state index in [2.05, 4.69) is 21.2 Å². The molecule has 2 nitrogen and oxygen atoms in total. The van der Waals surface area contributed by atoms with Crippen LogP contribution < -0.4 is 5.32 Å². The van der Waals surface area contributed by atoms with Crippen molar-refractivity contribution in [3.05, 3.63) is 63.1 Å². The average molecular weight is 318 g/mol. The monoisotopic (exact) mass is 317 g/mol. The van der Waals surface area contributed by atoms with Crippen molar-refractivity contribution in [2.24, 2.45) is 0 Å². The maximum Gasteiger partial charge on any atom is 0.256 e. The van der Waals surface area contributed by atoms with Gasteiger partial charge in [-0.25, -0.2) is 0 Å². The summed E-state index contributed by atoms with van der Waals surface area (Å²) in [6.45, 7) is 6.02. The molecule has 0 atom stereocenters. The fraction of sp³-hybridized carbons (Fsp3) is 0.188. The van der Waals surface area contributed by atoms with Crippen LogP contribution in [0.1, 0.15) is 27.0 Å². The Balaban J connectivity index is 2.31. The van der Waals surface area contributed by atoms with E-state index in [1.807, 2.05) is 57.2 Å². The molecule has 2 rings (SSSR count). The molecule has 2 aromatic rings. The zero-order valence-electron chi connectivity index (χ0n) is 11.3. The smallest absolute Gasteiger partial charge is 0.256 e. The molecule has 0 saturated carbocycles. The third kappa shape index (κ3) is 3.04. The lowest BCUT2D eigenvalue weighted by Gasteiger charge is -2.11. The van der Waals surface area contributed by atoms with Crippen molar-refractivity contribution in [1.82, 2.24) is 0 Å². The number of nitrogens with one attached hydrogen (secondary N) is 1. The fourth-order valence-electron chi connectivity index (χ4n) is 1.89. The van der Waals surface area contributed by atoms with Gasteiger partial charge in [0.05, 0.1) is 5.56 Å². The number of amides is 1. The predicted octanol–water partition coefficient (Wildman–Crippen LogP) is 4.63. The van der Waals surface area contributed by atoms with Crippen LogP contribution in [0.5, 0.6) is 0 Å². The Morgan fingerprint density at radius 3 is 2.58 bits per heavy atom. The lowest BCUT2D eigenvalue weighted by atomic mass is 10.1. The van der Waals surface area contributed by atoms with E-state index in [-0.39, 0.29) is 5.91 Å². The van der Waals surface area contributed by atoms with Gasteiger partial charge in [0.1, 0.15) is 0 Å². The van der Waals surface area contributed by atoms with Gasteiger partial charge in [-0.1, -0.05) is 23.8 Å². The molecule has 2 aromatic carbocycles. The van der Waals surface area contributed by atoms with Crippen LogP contribution in [0.3, 0.4) is 0 Å². The number of carbonyl (C=O) groups excluding carboxylic acids is 1. The van der Waals surface area contributed by atoms with Crippen LogP contribution in [0, 0.1) is 20.8 Å². The summed E-state index contributed by atoms with van der Waals surface area (Å²) in [6, 6.07) is 11.7. The summed E-state index contributed by atoms with van der Waals surface area (Å²) in [6.07, 6.45) is 0.